The monoisotopic (exact) mass is 290 g/mol. The number of ether oxygens (including phenoxy) is 1. The van der Waals surface area contributed by atoms with Gasteiger partial charge in [-0.05, 0) is 37.8 Å². The van der Waals surface area contributed by atoms with Gasteiger partial charge in [-0.3, -0.25) is 9.59 Å². The fraction of sp³-hybridized carbons (Fsp3) is 0.500. The zero-order valence-corrected chi connectivity index (χ0v) is 12.6. The Labute approximate surface area is 125 Å². The van der Waals surface area contributed by atoms with Crippen molar-refractivity contribution in [3.8, 4) is 5.75 Å². The van der Waals surface area contributed by atoms with Crippen LogP contribution in [0.5, 0.6) is 5.75 Å². The Hall–Kier alpha value is -2.04. The number of hydrogen-bond acceptors (Lipinski definition) is 3. The van der Waals surface area contributed by atoms with Crippen molar-refractivity contribution in [2.45, 2.75) is 26.7 Å². The minimum Gasteiger partial charge on any atom is -0.483 e. The van der Waals surface area contributed by atoms with E-state index in [2.05, 4.69) is 5.32 Å². The van der Waals surface area contributed by atoms with Crippen LogP contribution >= 0.6 is 0 Å². The van der Waals surface area contributed by atoms with Crippen LogP contribution in [-0.2, 0) is 9.59 Å². The molecular weight excluding hydrogens is 268 g/mol. The summed E-state index contributed by atoms with van der Waals surface area (Å²) in [7, 11) is 0. The number of nitrogens with one attached hydrogen (secondary N) is 1. The van der Waals surface area contributed by atoms with E-state index in [4.69, 9.17) is 4.74 Å². The van der Waals surface area contributed by atoms with Gasteiger partial charge in [-0.1, -0.05) is 18.2 Å². The summed E-state index contributed by atoms with van der Waals surface area (Å²) in [5, 5.41) is 2.61. The zero-order valence-electron chi connectivity index (χ0n) is 12.6. The highest BCUT2D eigenvalue weighted by Gasteiger charge is 2.18. The summed E-state index contributed by atoms with van der Waals surface area (Å²) in [4.78, 5) is 25.3. The Kier molecular flexibility index (Phi) is 5.20. The van der Waals surface area contributed by atoms with Crippen molar-refractivity contribution in [3.63, 3.8) is 0 Å². The van der Waals surface area contributed by atoms with E-state index in [0.29, 0.717) is 0 Å². The predicted octanol–water partition coefficient (Wildman–Crippen LogP) is 1.42. The number of rotatable bonds is 5. The molecule has 0 aliphatic carbocycles. The van der Waals surface area contributed by atoms with Crippen LogP contribution < -0.4 is 10.1 Å². The molecular formula is C16H22N2O3. The second-order valence-corrected chi connectivity index (χ2v) is 5.37. The van der Waals surface area contributed by atoms with E-state index in [9.17, 15) is 9.59 Å². The van der Waals surface area contributed by atoms with Crippen molar-refractivity contribution in [2.24, 2.45) is 0 Å². The van der Waals surface area contributed by atoms with Gasteiger partial charge in [0.05, 0.1) is 6.54 Å². The average Bonchev–Trinajstić information content (AvgIpc) is 2.98. The maximum atomic E-state index is 11.8. The van der Waals surface area contributed by atoms with Crippen LogP contribution in [0.3, 0.4) is 0 Å². The Bertz CT molecular complexity index is 502. The Morgan fingerprint density at radius 2 is 1.81 bits per heavy atom. The smallest absolute Gasteiger partial charge is 0.258 e. The summed E-state index contributed by atoms with van der Waals surface area (Å²) in [6, 6.07) is 5.83. The molecule has 114 valence electrons. The van der Waals surface area contributed by atoms with E-state index in [-0.39, 0.29) is 25.0 Å². The van der Waals surface area contributed by atoms with E-state index >= 15 is 0 Å². The van der Waals surface area contributed by atoms with Gasteiger partial charge in [-0.2, -0.15) is 0 Å². The Morgan fingerprint density at radius 1 is 1.19 bits per heavy atom. The van der Waals surface area contributed by atoms with E-state index in [0.717, 1.165) is 42.8 Å². The van der Waals surface area contributed by atoms with E-state index in [1.54, 1.807) is 4.90 Å². The SMILES string of the molecule is Cc1cccc(C)c1OCC(=O)NCC(=O)N1CCCC1. The largest absolute Gasteiger partial charge is 0.483 e. The van der Waals surface area contributed by atoms with Gasteiger partial charge in [-0.25, -0.2) is 0 Å². The van der Waals surface area contributed by atoms with Crippen molar-refractivity contribution in [1.29, 1.82) is 0 Å². The Balaban J connectivity index is 1.76. The number of carbonyl (C=O) groups is 2. The molecule has 0 spiro atoms. The molecule has 0 unspecified atom stereocenters. The van der Waals surface area contributed by atoms with Gasteiger partial charge < -0.3 is 15.0 Å². The maximum Gasteiger partial charge on any atom is 0.258 e. The fourth-order valence-corrected chi connectivity index (χ4v) is 2.47. The van der Waals surface area contributed by atoms with E-state index in [1.165, 1.54) is 0 Å². The van der Waals surface area contributed by atoms with Gasteiger partial charge in [0.15, 0.2) is 6.61 Å². The molecule has 0 radical (unpaired) electrons. The molecule has 0 bridgehead atoms. The molecule has 1 aliphatic heterocycles. The van der Waals surface area contributed by atoms with Gasteiger partial charge >= 0.3 is 0 Å². The number of benzene rings is 1. The lowest BCUT2D eigenvalue weighted by Crippen LogP contribution is -2.40. The summed E-state index contributed by atoms with van der Waals surface area (Å²) in [5.41, 5.74) is 1.99. The number of aryl methyl sites for hydroxylation is 2. The van der Waals surface area contributed by atoms with Gasteiger partial charge in [0.2, 0.25) is 5.91 Å². The van der Waals surface area contributed by atoms with Crippen LogP contribution in [0.15, 0.2) is 18.2 Å². The molecule has 1 aromatic carbocycles. The first-order chi connectivity index (χ1) is 10.1. The van der Waals surface area contributed by atoms with Gasteiger partial charge in [0, 0.05) is 13.1 Å². The van der Waals surface area contributed by atoms with Crippen LogP contribution in [-0.4, -0.2) is 43.0 Å². The first kappa shape index (κ1) is 15.4. The standard InChI is InChI=1S/C16H22N2O3/c1-12-6-5-7-13(2)16(12)21-11-14(19)17-10-15(20)18-8-3-4-9-18/h5-7H,3-4,8-11H2,1-2H3,(H,17,19). The Morgan fingerprint density at radius 3 is 2.43 bits per heavy atom. The van der Waals surface area contributed by atoms with Crippen molar-refractivity contribution < 1.29 is 14.3 Å². The number of likely N-dealkylation sites (tertiary alicyclic amines) is 1. The van der Waals surface area contributed by atoms with Crippen molar-refractivity contribution in [1.82, 2.24) is 10.2 Å². The number of amides is 2. The molecule has 0 saturated carbocycles. The minimum atomic E-state index is -0.273. The minimum absolute atomic E-state index is 0.0204. The number of carbonyl (C=O) groups excluding carboxylic acids is 2. The molecule has 1 heterocycles. The van der Waals surface area contributed by atoms with Crippen molar-refractivity contribution in [3.05, 3.63) is 29.3 Å². The fourth-order valence-electron chi connectivity index (χ4n) is 2.47. The predicted molar refractivity (Wildman–Crippen MR) is 80.2 cm³/mol. The molecule has 0 aromatic heterocycles. The summed E-state index contributed by atoms with van der Waals surface area (Å²) in [6.07, 6.45) is 2.10. The van der Waals surface area contributed by atoms with Crippen molar-refractivity contribution >= 4 is 11.8 Å². The first-order valence-corrected chi connectivity index (χ1v) is 7.31. The third kappa shape index (κ3) is 4.21. The zero-order chi connectivity index (χ0) is 15.2. The highest BCUT2D eigenvalue weighted by molar-refractivity contribution is 5.85. The summed E-state index contributed by atoms with van der Waals surface area (Å²) < 4.78 is 5.55. The normalized spacial score (nSPS) is 14.1. The van der Waals surface area contributed by atoms with Gasteiger partial charge in [0.1, 0.15) is 5.75 Å². The number of hydrogen-bond donors (Lipinski definition) is 1. The van der Waals surface area contributed by atoms with Crippen LogP contribution in [0, 0.1) is 13.8 Å². The molecule has 1 N–H and O–H groups in total. The quantitative estimate of drug-likeness (QED) is 0.892. The summed E-state index contributed by atoms with van der Waals surface area (Å²) in [5.74, 6) is 0.441. The average molecular weight is 290 g/mol. The molecule has 2 amide bonds. The molecule has 21 heavy (non-hydrogen) atoms. The molecule has 1 fully saturated rings. The van der Waals surface area contributed by atoms with E-state index < -0.39 is 0 Å². The molecule has 2 rings (SSSR count). The lowest BCUT2D eigenvalue weighted by atomic mass is 10.1. The van der Waals surface area contributed by atoms with Crippen LogP contribution in [0.1, 0.15) is 24.0 Å². The van der Waals surface area contributed by atoms with Crippen LogP contribution in [0.25, 0.3) is 0 Å². The summed E-state index contributed by atoms with van der Waals surface area (Å²) in [6.45, 7) is 5.46. The van der Waals surface area contributed by atoms with Crippen molar-refractivity contribution in [2.75, 3.05) is 26.2 Å². The lowest BCUT2D eigenvalue weighted by Gasteiger charge is -2.16. The highest BCUT2D eigenvalue weighted by atomic mass is 16.5. The third-order valence-electron chi connectivity index (χ3n) is 3.65. The number of nitrogens with zero attached hydrogens (tertiary/aromatic N) is 1. The van der Waals surface area contributed by atoms with Gasteiger partial charge in [-0.15, -0.1) is 0 Å². The third-order valence-corrected chi connectivity index (χ3v) is 3.65. The molecule has 1 aliphatic rings. The van der Waals surface area contributed by atoms with Crippen LogP contribution in [0.2, 0.25) is 0 Å². The topological polar surface area (TPSA) is 58.6 Å². The molecule has 1 aromatic rings. The number of para-hydroxylation sites is 1. The second kappa shape index (κ2) is 7.11. The first-order valence-electron chi connectivity index (χ1n) is 7.31. The molecule has 5 heteroatoms. The maximum absolute atomic E-state index is 11.8. The van der Waals surface area contributed by atoms with E-state index in [1.807, 2.05) is 32.0 Å². The molecule has 5 nitrogen and oxygen atoms in total. The molecule has 1 saturated heterocycles. The van der Waals surface area contributed by atoms with Crippen LogP contribution in [0.4, 0.5) is 0 Å². The molecule has 0 atom stereocenters. The highest BCUT2D eigenvalue weighted by Crippen LogP contribution is 2.21. The summed E-state index contributed by atoms with van der Waals surface area (Å²) >= 11 is 0. The van der Waals surface area contributed by atoms with Gasteiger partial charge in [0.25, 0.3) is 5.91 Å². The lowest BCUT2D eigenvalue weighted by molar-refractivity contribution is -0.132. The second-order valence-electron chi connectivity index (χ2n) is 5.37.